The van der Waals surface area contributed by atoms with Crippen LogP contribution < -0.4 is 16.0 Å². The second kappa shape index (κ2) is 9.80. The Labute approximate surface area is 190 Å². The fourth-order valence-electron chi connectivity index (χ4n) is 3.83. The number of pyridine rings is 1. The lowest BCUT2D eigenvalue weighted by Gasteiger charge is -2.30. The average Bonchev–Trinajstić information content (AvgIpc) is 3.24. The van der Waals surface area contributed by atoms with Crippen LogP contribution in [0.25, 0.3) is 5.57 Å². The van der Waals surface area contributed by atoms with Gasteiger partial charge in [-0.25, -0.2) is 4.98 Å². The highest BCUT2D eigenvalue weighted by Gasteiger charge is 2.28. The first kappa shape index (κ1) is 23.9. The summed E-state index contributed by atoms with van der Waals surface area (Å²) >= 11 is 0. The number of amides is 1. The molecular weight excluding hydrogens is 404 g/mol. The van der Waals surface area contributed by atoms with Gasteiger partial charge in [0.15, 0.2) is 5.84 Å². The quantitative estimate of drug-likeness (QED) is 0.538. The largest absolute Gasteiger partial charge is 0.383 e. The highest BCUT2D eigenvalue weighted by molar-refractivity contribution is 6.42. The van der Waals surface area contributed by atoms with Crippen molar-refractivity contribution >= 4 is 23.0 Å². The number of rotatable bonds is 8. The SMILES string of the molecule is COCCNC(C)(C)c1ccc(NC(=O)C2=NCC(C#N)N2)c(C2=CCC(C)(C)CC2)n1. The van der Waals surface area contributed by atoms with Crippen LogP contribution in [0, 0.1) is 16.7 Å². The van der Waals surface area contributed by atoms with Gasteiger partial charge in [0.2, 0.25) is 0 Å². The molecule has 32 heavy (non-hydrogen) atoms. The van der Waals surface area contributed by atoms with Gasteiger partial charge in [-0.15, -0.1) is 0 Å². The number of carbonyl (C=O) groups excluding carboxylic acids is 1. The first-order valence-corrected chi connectivity index (χ1v) is 11.1. The monoisotopic (exact) mass is 438 g/mol. The molecule has 2 aliphatic rings. The Morgan fingerprint density at radius 2 is 2.19 bits per heavy atom. The Hall–Kier alpha value is -2.76. The summed E-state index contributed by atoms with van der Waals surface area (Å²) in [6.45, 7) is 10.3. The van der Waals surface area contributed by atoms with Crippen LogP contribution in [-0.4, -0.2) is 49.6 Å². The van der Waals surface area contributed by atoms with Gasteiger partial charge in [-0.05, 0) is 56.2 Å². The van der Waals surface area contributed by atoms with E-state index in [0.29, 0.717) is 18.8 Å². The van der Waals surface area contributed by atoms with Crippen LogP contribution in [0.3, 0.4) is 0 Å². The summed E-state index contributed by atoms with van der Waals surface area (Å²) in [5.74, 6) is -0.167. The van der Waals surface area contributed by atoms with E-state index in [1.165, 1.54) is 0 Å². The van der Waals surface area contributed by atoms with E-state index in [0.717, 1.165) is 36.2 Å². The number of hydrogen-bond acceptors (Lipinski definition) is 7. The van der Waals surface area contributed by atoms with Crippen LogP contribution in [-0.2, 0) is 15.1 Å². The van der Waals surface area contributed by atoms with Crippen molar-refractivity contribution in [1.82, 2.24) is 15.6 Å². The van der Waals surface area contributed by atoms with Crippen LogP contribution in [0.4, 0.5) is 5.69 Å². The fourth-order valence-corrected chi connectivity index (χ4v) is 3.83. The number of ether oxygens (including phenoxy) is 1. The van der Waals surface area contributed by atoms with Gasteiger partial charge in [0.1, 0.15) is 6.04 Å². The molecule has 0 radical (unpaired) electrons. The van der Waals surface area contributed by atoms with Gasteiger partial charge in [0, 0.05) is 13.7 Å². The van der Waals surface area contributed by atoms with Crippen LogP contribution >= 0.6 is 0 Å². The number of methoxy groups -OCH3 is 1. The van der Waals surface area contributed by atoms with Crippen molar-refractivity contribution in [3.8, 4) is 6.07 Å². The molecule has 0 aromatic carbocycles. The van der Waals surface area contributed by atoms with Crippen molar-refractivity contribution in [1.29, 1.82) is 5.26 Å². The number of aliphatic imine (C=N–C) groups is 1. The van der Waals surface area contributed by atoms with Gasteiger partial charge in [0.05, 0.1) is 41.8 Å². The Balaban J connectivity index is 1.90. The van der Waals surface area contributed by atoms with Crippen LogP contribution in [0.5, 0.6) is 0 Å². The molecule has 1 aromatic rings. The summed E-state index contributed by atoms with van der Waals surface area (Å²) in [7, 11) is 1.68. The minimum absolute atomic E-state index is 0.187. The molecule has 1 aromatic heterocycles. The smallest absolute Gasteiger partial charge is 0.290 e. The second-order valence-corrected chi connectivity index (χ2v) is 9.70. The number of carbonyl (C=O) groups is 1. The molecule has 3 N–H and O–H groups in total. The molecule has 2 heterocycles. The van der Waals surface area contributed by atoms with E-state index in [4.69, 9.17) is 15.0 Å². The summed E-state index contributed by atoms with van der Waals surface area (Å²) in [6.07, 6.45) is 5.17. The van der Waals surface area contributed by atoms with E-state index >= 15 is 0 Å². The Kier molecular flexibility index (Phi) is 7.32. The van der Waals surface area contributed by atoms with Crippen LogP contribution in [0.2, 0.25) is 0 Å². The third kappa shape index (κ3) is 5.72. The highest BCUT2D eigenvalue weighted by atomic mass is 16.5. The molecule has 1 amide bonds. The van der Waals surface area contributed by atoms with Crippen LogP contribution in [0.15, 0.2) is 23.2 Å². The minimum atomic E-state index is -0.460. The first-order chi connectivity index (χ1) is 15.1. The number of nitrogens with one attached hydrogen (secondary N) is 3. The van der Waals surface area contributed by atoms with E-state index in [-0.39, 0.29) is 29.2 Å². The Bertz CT molecular complexity index is 958. The molecule has 172 valence electrons. The second-order valence-electron chi connectivity index (χ2n) is 9.70. The molecule has 0 fully saturated rings. The van der Waals surface area contributed by atoms with Crippen molar-refractivity contribution in [3.63, 3.8) is 0 Å². The summed E-state index contributed by atoms with van der Waals surface area (Å²) in [4.78, 5) is 21.9. The minimum Gasteiger partial charge on any atom is -0.383 e. The van der Waals surface area contributed by atoms with E-state index in [2.05, 4.69) is 60.8 Å². The number of anilines is 1. The van der Waals surface area contributed by atoms with E-state index in [1.807, 2.05) is 12.1 Å². The number of nitriles is 1. The third-order valence-electron chi connectivity index (χ3n) is 6.05. The molecule has 8 heteroatoms. The summed E-state index contributed by atoms with van der Waals surface area (Å²) in [5, 5.41) is 18.3. The molecule has 1 aliphatic carbocycles. The normalized spacial score (nSPS) is 20.1. The van der Waals surface area contributed by atoms with Crippen molar-refractivity contribution in [2.45, 2.75) is 58.5 Å². The molecule has 1 aliphatic heterocycles. The predicted octanol–water partition coefficient (Wildman–Crippen LogP) is 2.98. The van der Waals surface area contributed by atoms with Gasteiger partial charge in [-0.3, -0.25) is 9.79 Å². The van der Waals surface area contributed by atoms with Crippen LogP contribution in [0.1, 0.15) is 58.3 Å². The maximum absolute atomic E-state index is 12.8. The summed E-state index contributed by atoms with van der Waals surface area (Å²) in [5.41, 5.74) is 3.39. The topological polar surface area (TPSA) is 111 Å². The van der Waals surface area contributed by atoms with Gasteiger partial charge >= 0.3 is 0 Å². The maximum atomic E-state index is 12.8. The van der Waals surface area contributed by atoms with Crippen molar-refractivity contribution in [3.05, 3.63) is 29.6 Å². The Morgan fingerprint density at radius 3 is 2.81 bits per heavy atom. The van der Waals surface area contributed by atoms with Crippen molar-refractivity contribution < 1.29 is 9.53 Å². The van der Waals surface area contributed by atoms with Gasteiger partial charge < -0.3 is 20.7 Å². The number of allylic oxidation sites excluding steroid dienone is 2. The molecule has 1 atom stereocenters. The molecule has 0 spiro atoms. The zero-order valence-electron chi connectivity index (χ0n) is 19.7. The van der Waals surface area contributed by atoms with Crippen molar-refractivity contribution in [2.75, 3.05) is 32.1 Å². The van der Waals surface area contributed by atoms with Gasteiger partial charge in [-0.1, -0.05) is 19.9 Å². The molecule has 0 saturated carbocycles. The number of amidine groups is 1. The summed E-state index contributed by atoms with van der Waals surface area (Å²) < 4.78 is 5.16. The maximum Gasteiger partial charge on any atom is 0.290 e. The third-order valence-corrected chi connectivity index (χ3v) is 6.05. The Morgan fingerprint density at radius 1 is 1.41 bits per heavy atom. The number of hydrogen-bond donors (Lipinski definition) is 3. The molecule has 3 rings (SSSR count). The lowest BCUT2D eigenvalue weighted by atomic mass is 9.77. The molecule has 0 bridgehead atoms. The summed E-state index contributed by atoms with van der Waals surface area (Å²) in [6, 6.07) is 5.47. The molecule has 0 saturated heterocycles. The molecular formula is C24H34N6O2. The zero-order chi connectivity index (χ0) is 23.4. The van der Waals surface area contributed by atoms with E-state index in [9.17, 15) is 4.79 Å². The van der Waals surface area contributed by atoms with Gasteiger partial charge in [-0.2, -0.15) is 5.26 Å². The molecule has 8 nitrogen and oxygen atoms in total. The number of nitrogens with zero attached hydrogens (tertiary/aromatic N) is 3. The lowest BCUT2D eigenvalue weighted by Crippen LogP contribution is -2.39. The predicted molar refractivity (Wildman–Crippen MR) is 126 cm³/mol. The average molecular weight is 439 g/mol. The lowest BCUT2D eigenvalue weighted by molar-refractivity contribution is -0.110. The van der Waals surface area contributed by atoms with Crippen molar-refractivity contribution in [2.24, 2.45) is 10.4 Å². The van der Waals surface area contributed by atoms with Gasteiger partial charge in [0.25, 0.3) is 5.91 Å². The standard InChI is InChI=1S/C24H34N6O2/c1-23(2)10-8-16(9-11-23)20-18(29-22(31)21-26-15-17(14-25)28-21)6-7-19(30-20)24(3,4)27-12-13-32-5/h6-8,17,27H,9-13,15H2,1-5H3,(H,26,28)(H,29,31). The highest BCUT2D eigenvalue weighted by Crippen LogP contribution is 2.39. The number of aromatic nitrogens is 1. The van der Waals surface area contributed by atoms with E-state index in [1.54, 1.807) is 7.11 Å². The van der Waals surface area contributed by atoms with E-state index < -0.39 is 6.04 Å². The fraction of sp³-hybridized carbons (Fsp3) is 0.583. The first-order valence-electron chi connectivity index (χ1n) is 11.1. The zero-order valence-corrected chi connectivity index (χ0v) is 19.7. The molecule has 1 unspecified atom stereocenters.